The van der Waals surface area contributed by atoms with Gasteiger partial charge in [0.2, 0.25) is 5.95 Å². The number of carbonyl (C=O) groups is 1. The smallest absolute Gasteiger partial charge is 0.320 e. The fourth-order valence-corrected chi connectivity index (χ4v) is 5.33. The van der Waals surface area contributed by atoms with Gasteiger partial charge in [0.1, 0.15) is 0 Å². The molecule has 0 aliphatic carbocycles. The van der Waals surface area contributed by atoms with Crippen molar-refractivity contribution in [1.82, 2.24) is 29.3 Å². The van der Waals surface area contributed by atoms with E-state index in [9.17, 15) is 4.79 Å². The van der Waals surface area contributed by atoms with Crippen molar-refractivity contribution in [2.24, 2.45) is 5.92 Å². The molecule has 39 heavy (non-hydrogen) atoms. The lowest BCUT2D eigenvalue weighted by molar-refractivity contribution is 0.0428. The first-order valence-electron chi connectivity index (χ1n) is 14.5. The lowest BCUT2D eigenvalue weighted by Crippen LogP contribution is -2.55. The molecule has 2 aliphatic heterocycles. The van der Waals surface area contributed by atoms with Gasteiger partial charge < -0.3 is 29.3 Å². The zero-order valence-corrected chi connectivity index (χ0v) is 23.4. The van der Waals surface area contributed by atoms with Crippen LogP contribution in [0.5, 0.6) is 0 Å². The molecule has 3 aromatic rings. The van der Waals surface area contributed by atoms with Crippen LogP contribution in [0.2, 0.25) is 0 Å². The number of fused-ring (bicyclic) bond motifs is 1. The van der Waals surface area contributed by atoms with Crippen molar-refractivity contribution in [1.29, 1.82) is 0 Å². The van der Waals surface area contributed by atoms with Gasteiger partial charge in [-0.05, 0) is 17.9 Å². The standard InChI is InChI=1S/C29H42N8O2/c1-3-5-9-23(4-2)20-30-26-25-27(37(22-31-25)21-24-10-7-6-8-11-24)33-28(32-26)34-12-14-35(15-13-34)29(38)36-16-18-39-19-17-36/h6-8,10-11,22-23H,3-5,9,12-21H2,1-2H3,(H,30,32,33). The van der Waals surface area contributed by atoms with E-state index in [1.807, 2.05) is 22.2 Å². The highest BCUT2D eigenvalue weighted by Gasteiger charge is 2.28. The number of carbonyl (C=O) groups excluding carboxylic acids is 1. The zero-order chi connectivity index (χ0) is 27.0. The second-order valence-electron chi connectivity index (χ2n) is 10.6. The van der Waals surface area contributed by atoms with Crippen LogP contribution in [0.4, 0.5) is 16.6 Å². The van der Waals surface area contributed by atoms with Gasteiger partial charge in [-0.25, -0.2) is 9.78 Å². The normalized spacial score (nSPS) is 17.0. The molecule has 0 spiro atoms. The number of anilines is 2. The van der Waals surface area contributed by atoms with Crippen molar-refractivity contribution in [3.05, 3.63) is 42.2 Å². The first-order valence-corrected chi connectivity index (χ1v) is 14.5. The van der Waals surface area contributed by atoms with Crippen LogP contribution in [0.15, 0.2) is 36.7 Å². The van der Waals surface area contributed by atoms with Crippen molar-refractivity contribution in [3.63, 3.8) is 0 Å². The Hall–Kier alpha value is -3.40. The van der Waals surface area contributed by atoms with Crippen molar-refractivity contribution in [2.75, 3.05) is 69.2 Å². The zero-order valence-electron chi connectivity index (χ0n) is 23.4. The molecule has 4 heterocycles. The summed E-state index contributed by atoms with van der Waals surface area (Å²) >= 11 is 0. The number of piperazine rings is 1. The highest BCUT2D eigenvalue weighted by atomic mass is 16.5. The molecule has 2 fully saturated rings. The number of hydrogen-bond donors (Lipinski definition) is 1. The molecular formula is C29H42N8O2. The predicted molar refractivity (Wildman–Crippen MR) is 154 cm³/mol. The van der Waals surface area contributed by atoms with E-state index in [4.69, 9.17) is 19.7 Å². The SMILES string of the molecule is CCCCC(CC)CNc1nc(N2CCN(C(=O)N3CCOCC3)CC2)nc2c1ncn2Cc1ccccc1. The van der Waals surface area contributed by atoms with E-state index >= 15 is 0 Å². The van der Waals surface area contributed by atoms with Crippen LogP contribution < -0.4 is 10.2 Å². The molecule has 1 aromatic carbocycles. The Balaban J connectivity index is 1.36. The van der Waals surface area contributed by atoms with Crippen LogP contribution in [-0.4, -0.2) is 94.4 Å². The maximum absolute atomic E-state index is 13.0. The van der Waals surface area contributed by atoms with Crippen molar-refractivity contribution in [2.45, 2.75) is 46.1 Å². The molecule has 0 saturated carbocycles. The minimum atomic E-state index is 0.107. The third kappa shape index (κ3) is 6.61. The summed E-state index contributed by atoms with van der Waals surface area (Å²) in [4.78, 5) is 33.8. The Morgan fingerprint density at radius 1 is 1.00 bits per heavy atom. The molecule has 10 heteroatoms. The fourth-order valence-electron chi connectivity index (χ4n) is 5.33. The number of hydrogen-bond acceptors (Lipinski definition) is 7. The summed E-state index contributed by atoms with van der Waals surface area (Å²) in [5.41, 5.74) is 2.84. The van der Waals surface area contributed by atoms with Gasteiger partial charge in [-0.3, -0.25) is 0 Å². The topological polar surface area (TPSA) is 91.7 Å². The quantitative estimate of drug-likeness (QED) is 0.419. The summed E-state index contributed by atoms with van der Waals surface area (Å²) in [5, 5.41) is 3.64. The molecule has 1 unspecified atom stereocenters. The van der Waals surface area contributed by atoms with E-state index < -0.39 is 0 Å². The number of urea groups is 1. The average molecular weight is 535 g/mol. The van der Waals surface area contributed by atoms with Gasteiger partial charge in [0.05, 0.1) is 26.1 Å². The first-order chi connectivity index (χ1) is 19.2. The molecular weight excluding hydrogens is 492 g/mol. The van der Waals surface area contributed by atoms with Crippen molar-refractivity contribution < 1.29 is 9.53 Å². The third-order valence-corrected chi connectivity index (χ3v) is 7.86. The molecule has 5 rings (SSSR count). The van der Waals surface area contributed by atoms with Gasteiger partial charge in [0.25, 0.3) is 0 Å². The summed E-state index contributed by atoms with van der Waals surface area (Å²) in [6, 6.07) is 10.5. The summed E-state index contributed by atoms with van der Waals surface area (Å²) in [6.45, 7) is 11.3. The fraction of sp³-hybridized carbons (Fsp3) is 0.586. The second-order valence-corrected chi connectivity index (χ2v) is 10.6. The largest absolute Gasteiger partial charge is 0.378 e. The van der Waals surface area contributed by atoms with Crippen molar-refractivity contribution in [3.8, 4) is 0 Å². The Labute approximate surface area is 231 Å². The lowest BCUT2D eigenvalue weighted by atomic mass is 9.99. The molecule has 210 valence electrons. The van der Waals surface area contributed by atoms with E-state index in [-0.39, 0.29) is 6.03 Å². The molecule has 1 atom stereocenters. The van der Waals surface area contributed by atoms with E-state index in [0.29, 0.717) is 70.9 Å². The van der Waals surface area contributed by atoms with Gasteiger partial charge in [0, 0.05) is 45.8 Å². The number of imidazole rings is 1. The number of ether oxygens (including phenoxy) is 1. The maximum Gasteiger partial charge on any atom is 0.320 e. The Kier molecular flexibility index (Phi) is 9.13. The van der Waals surface area contributed by atoms with E-state index in [0.717, 1.165) is 29.9 Å². The van der Waals surface area contributed by atoms with Crippen LogP contribution >= 0.6 is 0 Å². The molecule has 2 aromatic heterocycles. The molecule has 0 bridgehead atoms. The van der Waals surface area contributed by atoms with E-state index in [1.165, 1.54) is 24.8 Å². The molecule has 2 aliphatic rings. The number of aromatic nitrogens is 4. The summed E-state index contributed by atoms with van der Waals surface area (Å²) in [6.07, 6.45) is 6.67. The van der Waals surface area contributed by atoms with Crippen LogP contribution in [0.1, 0.15) is 45.1 Å². The highest BCUT2D eigenvalue weighted by Crippen LogP contribution is 2.25. The van der Waals surface area contributed by atoms with Crippen LogP contribution in [0.3, 0.4) is 0 Å². The predicted octanol–water partition coefficient (Wildman–Crippen LogP) is 4.08. The summed E-state index contributed by atoms with van der Waals surface area (Å²) < 4.78 is 7.51. The number of morpholine rings is 1. The van der Waals surface area contributed by atoms with Crippen LogP contribution in [0.25, 0.3) is 11.2 Å². The lowest BCUT2D eigenvalue weighted by Gasteiger charge is -2.38. The Morgan fingerprint density at radius 2 is 1.74 bits per heavy atom. The molecule has 2 saturated heterocycles. The summed E-state index contributed by atoms with van der Waals surface area (Å²) in [5.74, 6) is 2.09. The molecule has 0 radical (unpaired) electrons. The third-order valence-electron chi connectivity index (χ3n) is 7.86. The van der Waals surface area contributed by atoms with E-state index in [1.54, 1.807) is 0 Å². The minimum Gasteiger partial charge on any atom is -0.378 e. The number of unbranched alkanes of at least 4 members (excludes halogenated alkanes) is 1. The van der Waals surface area contributed by atoms with Gasteiger partial charge in [-0.2, -0.15) is 9.97 Å². The van der Waals surface area contributed by atoms with Crippen molar-refractivity contribution >= 4 is 29.0 Å². The number of rotatable bonds is 10. The Bertz CT molecular complexity index is 1200. The number of nitrogens with one attached hydrogen (secondary N) is 1. The second kappa shape index (κ2) is 13.1. The van der Waals surface area contributed by atoms with E-state index in [2.05, 4.69) is 52.9 Å². The van der Waals surface area contributed by atoms with Crippen LogP contribution in [-0.2, 0) is 11.3 Å². The average Bonchev–Trinajstić information content (AvgIpc) is 3.40. The van der Waals surface area contributed by atoms with Gasteiger partial charge in [0.15, 0.2) is 17.0 Å². The highest BCUT2D eigenvalue weighted by molar-refractivity contribution is 5.84. The number of amides is 2. The summed E-state index contributed by atoms with van der Waals surface area (Å²) in [7, 11) is 0. The maximum atomic E-state index is 13.0. The van der Waals surface area contributed by atoms with Crippen LogP contribution in [0, 0.1) is 5.92 Å². The number of nitrogens with zero attached hydrogens (tertiary/aromatic N) is 7. The molecule has 10 nitrogen and oxygen atoms in total. The van der Waals surface area contributed by atoms with Gasteiger partial charge >= 0.3 is 6.03 Å². The Morgan fingerprint density at radius 3 is 2.46 bits per heavy atom. The monoisotopic (exact) mass is 534 g/mol. The first kappa shape index (κ1) is 27.2. The molecule has 1 N–H and O–H groups in total. The van der Waals surface area contributed by atoms with Gasteiger partial charge in [-0.15, -0.1) is 0 Å². The number of benzene rings is 1. The minimum absolute atomic E-state index is 0.107. The van der Waals surface area contributed by atoms with Gasteiger partial charge in [-0.1, -0.05) is 63.4 Å². The molecule has 2 amide bonds.